The van der Waals surface area contributed by atoms with Crippen LogP contribution in [0.25, 0.3) is 0 Å². The van der Waals surface area contributed by atoms with Crippen molar-refractivity contribution in [1.82, 2.24) is 4.98 Å². The molecule has 0 radical (unpaired) electrons. The van der Waals surface area contributed by atoms with Gasteiger partial charge in [-0.3, -0.25) is 0 Å². The van der Waals surface area contributed by atoms with E-state index in [1.165, 1.54) is 12.3 Å². The number of halogens is 2. The smallest absolute Gasteiger partial charge is 0.141 e. The zero-order chi connectivity index (χ0) is 11.1. The number of rotatable bonds is 1. The predicted molar refractivity (Wildman–Crippen MR) is 62.9 cm³/mol. The van der Waals surface area contributed by atoms with Crippen LogP contribution in [0.15, 0.2) is 18.3 Å². The van der Waals surface area contributed by atoms with Crippen molar-refractivity contribution in [3.8, 4) is 0 Å². The maximum Gasteiger partial charge on any atom is 0.141 e. The quantitative estimate of drug-likeness (QED) is 0.731. The van der Waals surface area contributed by atoms with Crippen molar-refractivity contribution >= 4 is 21.7 Å². The topological polar surface area (TPSA) is 16.1 Å². The van der Waals surface area contributed by atoms with E-state index in [4.69, 9.17) is 0 Å². The van der Waals surface area contributed by atoms with Gasteiger partial charge in [-0.25, -0.2) is 9.37 Å². The lowest BCUT2D eigenvalue weighted by atomic mass is 9.93. The Morgan fingerprint density at radius 1 is 1.53 bits per heavy atom. The number of nitrogens with zero attached hydrogens (tertiary/aromatic N) is 2. The Hall–Kier alpha value is -0.640. The molecule has 1 unspecified atom stereocenters. The standard InChI is InChI=1S/C11H14BrFN2/c1-11(2)7-15(6-9(11)12)10-4-3-8(13)5-14-10/h3-5,9H,6-7H2,1-2H3. The van der Waals surface area contributed by atoms with Crippen LogP contribution in [0.3, 0.4) is 0 Å². The molecule has 2 rings (SSSR count). The van der Waals surface area contributed by atoms with E-state index in [-0.39, 0.29) is 11.2 Å². The van der Waals surface area contributed by atoms with E-state index >= 15 is 0 Å². The minimum absolute atomic E-state index is 0.232. The van der Waals surface area contributed by atoms with Gasteiger partial charge in [-0.15, -0.1) is 0 Å². The summed E-state index contributed by atoms with van der Waals surface area (Å²) < 4.78 is 12.7. The molecule has 82 valence electrons. The number of aromatic nitrogens is 1. The molecule has 4 heteroatoms. The van der Waals surface area contributed by atoms with Crippen molar-refractivity contribution < 1.29 is 4.39 Å². The summed E-state index contributed by atoms with van der Waals surface area (Å²) >= 11 is 3.67. The third-order valence-corrected chi connectivity index (χ3v) is 4.39. The van der Waals surface area contributed by atoms with Gasteiger partial charge in [-0.1, -0.05) is 29.8 Å². The first kappa shape index (κ1) is 10.9. The lowest BCUT2D eigenvalue weighted by Crippen LogP contribution is -2.24. The van der Waals surface area contributed by atoms with E-state index in [0.29, 0.717) is 4.83 Å². The maximum atomic E-state index is 12.7. The summed E-state index contributed by atoms with van der Waals surface area (Å²) in [6, 6.07) is 3.19. The van der Waals surface area contributed by atoms with Crippen molar-refractivity contribution in [2.75, 3.05) is 18.0 Å². The fourth-order valence-electron chi connectivity index (χ4n) is 1.83. The van der Waals surface area contributed by atoms with Gasteiger partial charge in [0.15, 0.2) is 0 Å². The first-order chi connectivity index (χ1) is 6.99. The lowest BCUT2D eigenvalue weighted by Gasteiger charge is -2.21. The molecule has 0 spiro atoms. The van der Waals surface area contributed by atoms with Gasteiger partial charge < -0.3 is 4.90 Å². The largest absolute Gasteiger partial charge is 0.355 e. The van der Waals surface area contributed by atoms with E-state index in [2.05, 4.69) is 39.7 Å². The number of hydrogen-bond acceptors (Lipinski definition) is 2. The highest BCUT2D eigenvalue weighted by Crippen LogP contribution is 2.36. The van der Waals surface area contributed by atoms with Crippen molar-refractivity contribution in [2.45, 2.75) is 18.7 Å². The maximum absolute atomic E-state index is 12.7. The Kier molecular flexibility index (Phi) is 2.71. The normalized spacial score (nSPS) is 24.5. The highest BCUT2D eigenvalue weighted by atomic mass is 79.9. The van der Waals surface area contributed by atoms with Gasteiger partial charge in [0.25, 0.3) is 0 Å². The second kappa shape index (κ2) is 3.74. The molecule has 0 aliphatic carbocycles. The lowest BCUT2D eigenvalue weighted by molar-refractivity contribution is 0.434. The second-order valence-corrected chi connectivity index (χ2v) is 5.78. The third kappa shape index (κ3) is 2.14. The molecule has 1 aromatic heterocycles. The highest BCUT2D eigenvalue weighted by molar-refractivity contribution is 9.09. The Morgan fingerprint density at radius 2 is 2.27 bits per heavy atom. The molecular formula is C11H14BrFN2. The van der Waals surface area contributed by atoms with Crippen LogP contribution in [-0.2, 0) is 0 Å². The molecule has 0 aromatic carbocycles. The Labute approximate surface area is 97.6 Å². The average Bonchev–Trinajstić information content (AvgIpc) is 2.42. The number of anilines is 1. The molecule has 1 aliphatic heterocycles. The van der Waals surface area contributed by atoms with Crippen molar-refractivity contribution in [2.24, 2.45) is 5.41 Å². The molecule has 0 N–H and O–H groups in total. The van der Waals surface area contributed by atoms with E-state index in [1.54, 1.807) is 6.07 Å². The molecule has 1 atom stereocenters. The summed E-state index contributed by atoms with van der Waals surface area (Å²) in [6.07, 6.45) is 1.27. The number of hydrogen-bond donors (Lipinski definition) is 0. The summed E-state index contributed by atoms with van der Waals surface area (Å²) in [5, 5.41) is 0. The molecule has 1 aliphatic rings. The van der Waals surface area contributed by atoms with Crippen molar-refractivity contribution in [3.05, 3.63) is 24.1 Å². The van der Waals surface area contributed by atoms with E-state index < -0.39 is 0 Å². The summed E-state index contributed by atoms with van der Waals surface area (Å²) in [4.78, 5) is 6.73. The molecule has 1 aromatic rings. The van der Waals surface area contributed by atoms with Crippen LogP contribution in [0, 0.1) is 11.2 Å². The fraction of sp³-hybridized carbons (Fsp3) is 0.545. The van der Waals surface area contributed by atoms with Gasteiger partial charge in [-0.05, 0) is 17.5 Å². The minimum Gasteiger partial charge on any atom is -0.355 e. The molecule has 0 bridgehead atoms. The molecule has 0 amide bonds. The summed E-state index contributed by atoms with van der Waals surface area (Å²) in [5.74, 6) is 0.569. The molecular weight excluding hydrogens is 259 g/mol. The van der Waals surface area contributed by atoms with Crippen molar-refractivity contribution in [3.63, 3.8) is 0 Å². The Balaban J connectivity index is 2.17. The zero-order valence-electron chi connectivity index (χ0n) is 8.87. The van der Waals surface area contributed by atoms with Crippen molar-refractivity contribution in [1.29, 1.82) is 0 Å². The van der Waals surface area contributed by atoms with E-state index in [1.807, 2.05) is 0 Å². The minimum atomic E-state index is -0.285. The molecule has 1 fully saturated rings. The average molecular weight is 273 g/mol. The summed E-state index contributed by atoms with van der Waals surface area (Å²) in [6.45, 7) is 6.30. The van der Waals surface area contributed by atoms with Gasteiger partial charge >= 0.3 is 0 Å². The summed E-state index contributed by atoms with van der Waals surface area (Å²) in [5.41, 5.74) is 0.232. The first-order valence-electron chi connectivity index (χ1n) is 4.99. The fourth-order valence-corrected chi connectivity index (χ4v) is 2.32. The predicted octanol–water partition coefficient (Wildman–Crippen LogP) is 2.83. The first-order valence-corrected chi connectivity index (χ1v) is 5.91. The van der Waals surface area contributed by atoms with Crippen LogP contribution >= 0.6 is 15.9 Å². The van der Waals surface area contributed by atoms with Crippen LogP contribution in [0.2, 0.25) is 0 Å². The number of alkyl halides is 1. The monoisotopic (exact) mass is 272 g/mol. The molecule has 2 heterocycles. The van der Waals surface area contributed by atoms with Gasteiger partial charge in [-0.2, -0.15) is 0 Å². The van der Waals surface area contributed by atoms with Crippen LogP contribution in [0.4, 0.5) is 10.2 Å². The van der Waals surface area contributed by atoms with Crippen LogP contribution in [0.5, 0.6) is 0 Å². The SMILES string of the molecule is CC1(C)CN(c2ccc(F)cn2)CC1Br. The van der Waals surface area contributed by atoms with Crippen LogP contribution in [-0.4, -0.2) is 22.9 Å². The van der Waals surface area contributed by atoms with Crippen LogP contribution in [0.1, 0.15) is 13.8 Å². The molecule has 2 nitrogen and oxygen atoms in total. The van der Waals surface area contributed by atoms with Gasteiger partial charge in [0, 0.05) is 17.9 Å². The van der Waals surface area contributed by atoms with E-state index in [9.17, 15) is 4.39 Å². The molecule has 15 heavy (non-hydrogen) atoms. The van der Waals surface area contributed by atoms with Gasteiger partial charge in [0.1, 0.15) is 11.6 Å². The molecule has 1 saturated heterocycles. The van der Waals surface area contributed by atoms with Crippen LogP contribution < -0.4 is 4.90 Å². The van der Waals surface area contributed by atoms with E-state index in [0.717, 1.165) is 18.9 Å². The number of pyridine rings is 1. The third-order valence-electron chi connectivity index (χ3n) is 2.86. The summed E-state index contributed by atoms with van der Waals surface area (Å²) in [7, 11) is 0. The highest BCUT2D eigenvalue weighted by Gasteiger charge is 2.38. The Morgan fingerprint density at radius 3 is 2.73 bits per heavy atom. The second-order valence-electron chi connectivity index (χ2n) is 4.67. The van der Waals surface area contributed by atoms with Gasteiger partial charge in [0.2, 0.25) is 0 Å². The molecule has 0 saturated carbocycles. The Bertz CT molecular complexity index is 350. The van der Waals surface area contributed by atoms with Gasteiger partial charge in [0.05, 0.1) is 6.20 Å². The zero-order valence-corrected chi connectivity index (χ0v) is 10.5.